The van der Waals surface area contributed by atoms with E-state index in [0.717, 1.165) is 38.9 Å². The summed E-state index contributed by atoms with van der Waals surface area (Å²) in [5.74, 6) is -0.687. The van der Waals surface area contributed by atoms with E-state index in [4.69, 9.17) is 5.11 Å². The van der Waals surface area contributed by atoms with Crippen LogP contribution in [0.15, 0.2) is 30.3 Å². The van der Waals surface area contributed by atoms with Crippen molar-refractivity contribution in [3.05, 3.63) is 35.9 Å². The number of piperidine rings is 1. The molecule has 0 amide bonds. The summed E-state index contributed by atoms with van der Waals surface area (Å²) in [6.45, 7) is 3.01. The first kappa shape index (κ1) is 11.7. The van der Waals surface area contributed by atoms with E-state index in [1.807, 2.05) is 6.07 Å². The van der Waals surface area contributed by atoms with E-state index in [0.29, 0.717) is 0 Å². The molecule has 2 fully saturated rings. The molecular formula is C15H19NO2. The van der Waals surface area contributed by atoms with Crippen molar-refractivity contribution >= 4 is 5.97 Å². The lowest BCUT2D eigenvalue weighted by molar-refractivity contribution is -0.139. The summed E-state index contributed by atoms with van der Waals surface area (Å²) in [6, 6.07) is 10.4. The topological polar surface area (TPSA) is 40.5 Å². The molecule has 1 heterocycles. The minimum Gasteiger partial charge on any atom is -0.481 e. The maximum absolute atomic E-state index is 11.1. The molecule has 1 spiro atoms. The van der Waals surface area contributed by atoms with Crippen molar-refractivity contribution in [3.8, 4) is 0 Å². The second-order valence-corrected chi connectivity index (χ2v) is 5.76. The molecule has 1 aromatic carbocycles. The maximum Gasteiger partial charge on any atom is 0.307 e. The van der Waals surface area contributed by atoms with Gasteiger partial charge in [-0.2, -0.15) is 0 Å². The van der Waals surface area contributed by atoms with Crippen LogP contribution < -0.4 is 0 Å². The number of carboxylic acids is 1. The number of likely N-dealkylation sites (tertiary alicyclic amines) is 1. The fourth-order valence-electron chi connectivity index (χ4n) is 3.38. The van der Waals surface area contributed by atoms with E-state index < -0.39 is 5.97 Å². The summed E-state index contributed by atoms with van der Waals surface area (Å²) < 4.78 is 0. The van der Waals surface area contributed by atoms with Crippen LogP contribution in [0, 0.1) is 11.3 Å². The molecule has 18 heavy (non-hydrogen) atoms. The first-order valence-electron chi connectivity index (χ1n) is 6.69. The van der Waals surface area contributed by atoms with Crippen LogP contribution in [-0.4, -0.2) is 29.1 Å². The SMILES string of the molecule is O=C(O)C1CC12CCCN(Cc1ccccc1)C2. The molecule has 96 valence electrons. The Hall–Kier alpha value is -1.35. The van der Waals surface area contributed by atoms with Gasteiger partial charge in [-0.1, -0.05) is 30.3 Å². The Morgan fingerprint density at radius 3 is 2.83 bits per heavy atom. The molecular weight excluding hydrogens is 226 g/mol. The van der Waals surface area contributed by atoms with Crippen LogP contribution in [0.1, 0.15) is 24.8 Å². The van der Waals surface area contributed by atoms with Gasteiger partial charge in [-0.15, -0.1) is 0 Å². The molecule has 1 aromatic rings. The molecule has 2 atom stereocenters. The standard InChI is InChI=1S/C15H19NO2/c17-14(18)13-9-15(13)7-4-8-16(11-15)10-12-5-2-1-3-6-12/h1-3,5-6,13H,4,7-11H2,(H,17,18). The van der Waals surface area contributed by atoms with Crippen LogP contribution in [0.25, 0.3) is 0 Å². The van der Waals surface area contributed by atoms with Crippen molar-refractivity contribution in [1.29, 1.82) is 0 Å². The molecule has 0 aromatic heterocycles. The van der Waals surface area contributed by atoms with Gasteiger partial charge in [-0.3, -0.25) is 9.69 Å². The lowest BCUT2D eigenvalue weighted by atomic mass is 9.92. The van der Waals surface area contributed by atoms with E-state index >= 15 is 0 Å². The Balaban J connectivity index is 1.64. The molecule has 1 aliphatic heterocycles. The van der Waals surface area contributed by atoms with Crippen molar-refractivity contribution < 1.29 is 9.90 Å². The van der Waals surface area contributed by atoms with Crippen molar-refractivity contribution in [1.82, 2.24) is 4.90 Å². The highest BCUT2D eigenvalue weighted by atomic mass is 16.4. The lowest BCUT2D eigenvalue weighted by Gasteiger charge is -2.33. The highest BCUT2D eigenvalue weighted by Crippen LogP contribution is 2.58. The molecule has 0 radical (unpaired) electrons. The van der Waals surface area contributed by atoms with Gasteiger partial charge in [0.1, 0.15) is 0 Å². The largest absolute Gasteiger partial charge is 0.481 e. The number of carboxylic acid groups (broad SMARTS) is 1. The number of hydrogen-bond donors (Lipinski definition) is 1. The third kappa shape index (κ3) is 2.15. The molecule has 1 aliphatic carbocycles. The minimum atomic E-state index is -0.600. The van der Waals surface area contributed by atoms with E-state index in [2.05, 4.69) is 29.2 Å². The quantitative estimate of drug-likeness (QED) is 0.888. The van der Waals surface area contributed by atoms with Gasteiger partial charge in [0.25, 0.3) is 0 Å². The molecule has 1 N–H and O–H groups in total. The Labute approximate surface area is 107 Å². The highest BCUT2D eigenvalue weighted by Gasteiger charge is 2.59. The second kappa shape index (κ2) is 4.39. The molecule has 3 heteroatoms. The van der Waals surface area contributed by atoms with Gasteiger partial charge in [-0.05, 0) is 36.8 Å². The average Bonchev–Trinajstić information content (AvgIpc) is 3.04. The zero-order chi connectivity index (χ0) is 12.6. The molecule has 0 bridgehead atoms. The van der Waals surface area contributed by atoms with E-state index in [-0.39, 0.29) is 11.3 Å². The molecule has 1 saturated heterocycles. The van der Waals surface area contributed by atoms with Crippen LogP contribution in [0.4, 0.5) is 0 Å². The predicted molar refractivity (Wildman–Crippen MR) is 69.1 cm³/mol. The summed E-state index contributed by atoms with van der Waals surface area (Å²) >= 11 is 0. The number of rotatable bonds is 3. The second-order valence-electron chi connectivity index (χ2n) is 5.76. The first-order chi connectivity index (χ1) is 8.70. The van der Waals surface area contributed by atoms with Crippen LogP contribution >= 0.6 is 0 Å². The van der Waals surface area contributed by atoms with Gasteiger partial charge < -0.3 is 5.11 Å². The number of aliphatic carboxylic acids is 1. The highest BCUT2D eigenvalue weighted by molar-refractivity contribution is 5.74. The van der Waals surface area contributed by atoms with Crippen LogP contribution in [-0.2, 0) is 11.3 Å². The van der Waals surface area contributed by atoms with Crippen LogP contribution in [0.3, 0.4) is 0 Å². The predicted octanol–water partition coefficient (Wildman–Crippen LogP) is 2.37. The van der Waals surface area contributed by atoms with E-state index in [1.54, 1.807) is 0 Å². The van der Waals surface area contributed by atoms with Crippen molar-refractivity contribution in [2.24, 2.45) is 11.3 Å². The normalized spacial score (nSPS) is 31.4. The summed E-state index contributed by atoms with van der Waals surface area (Å²) in [5, 5.41) is 9.13. The zero-order valence-corrected chi connectivity index (χ0v) is 10.5. The van der Waals surface area contributed by atoms with Gasteiger partial charge in [0, 0.05) is 13.1 Å². The van der Waals surface area contributed by atoms with Gasteiger partial charge in [0.15, 0.2) is 0 Å². The average molecular weight is 245 g/mol. The number of hydrogen-bond acceptors (Lipinski definition) is 2. The third-order valence-corrected chi connectivity index (χ3v) is 4.42. The molecule has 2 aliphatic rings. The molecule has 1 saturated carbocycles. The number of nitrogens with zero attached hydrogens (tertiary/aromatic N) is 1. The Bertz CT molecular complexity index is 445. The summed E-state index contributed by atoms with van der Waals surface area (Å²) in [4.78, 5) is 13.5. The van der Waals surface area contributed by atoms with Crippen molar-refractivity contribution in [3.63, 3.8) is 0 Å². The summed E-state index contributed by atoms with van der Waals surface area (Å²) in [5.41, 5.74) is 1.42. The van der Waals surface area contributed by atoms with Crippen LogP contribution in [0.2, 0.25) is 0 Å². The Morgan fingerprint density at radius 2 is 2.17 bits per heavy atom. The minimum absolute atomic E-state index is 0.0870. The Morgan fingerprint density at radius 1 is 1.39 bits per heavy atom. The van der Waals surface area contributed by atoms with Gasteiger partial charge in [0.2, 0.25) is 0 Å². The van der Waals surface area contributed by atoms with Gasteiger partial charge >= 0.3 is 5.97 Å². The summed E-state index contributed by atoms with van der Waals surface area (Å²) in [7, 11) is 0. The number of carbonyl (C=O) groups is 1. The summed E-state index contributed by atoms with van der Waals surface area (Å²) in [6.07, 6.45) is 3.11. The van der Waals surface area contributed by atoms with Gasteiger partial charge in [0.05, 0.1) is 5.92 Å². The fraction of sp³-hybridized carbons (Fsp3) is 0.533. The lowest BCUT2D eigenvalue weighted by Crippen LogP contribution is -2.37. The maximum atomic E-state index is 11.1. The molecule has 2 unspecified atom stereocenters. The smallest absolute Gasteiger partial charge is 0.307 e. The molecule has 3 nitrogen and oxygen atoms in total. The van der Waals surface area contributed by atoms with Crippen molar-refractivity contribution in [2.45, 2.75) is 25.8 Å². The van der Waals surface area contributed by atoms with Gasteiger partial charge in [-0.25, -0.2) is 0 Å². The zero-order valence-electron chi connectivity index (χ0n) is 10.5. The van der Waals surface area contributed by atoms with Crippen molar-refractivity contribution in [2.75, 3.05) is 13.1 Å². The monoisotopic (exact) mass is 245 g/mol. The fourth-order valence-corrected chi connectivity index (χ4v) is 3.38. The molecule has 3 rings (SSSR count). The Kier molecular flexibility index (Phi) is 2.86. The number of benzene rings is 1. The third-order valence-electron chi connectivity index (χ3n) is 4.42. The first-order valence-corrected chi connectivity index (χ1v) is 6.69. The van der Waals surface area contributed by atoms with E-state index in [1.165, 1.54) is 5.56 Å². The van der Waals surface area contributed by atoms with E-state index in [9.17, 15) is 4.79 Å². The van der Waals surface area contributed by atoms with Crippen LogP contribution in [0.5, 0.6) is 0 Å².